The van der Waals surface area contributed by atoms with Gasteiger partial charge in [-0.2, -0.15) is 0 Å². The van der Waals surface area contributed by atoms with E-state index in [2.05, 4.69) is 15.6 Å². The summed E-state index contributed by atoms with van der Waals surface area (Å²) in [5, 5.41) is 17.6. The molecule has 0 saturated carbocycles. The van der Waals surface area contributed by atoms with Crippen molar-refractivity contribution in [3.63, 3.8) is 0 Å². The zero-order chi connectivity index (χ0) is 18.1. The van der Waals surface area contributed by atoms with Gasteiger partial charge in [-0.15, -0.1) is 0 Å². The van der Waals surface area contributed by atoms with E-state index in [9.17, 15) is 14.9 Å². The number of carbonyl (C=O) groups is 1. The normalized spacial score (nSPS) is 30.4. The lowest BCUT2D eigenvalue weighted by molar-refractivity contribution is -0.385. The number of aromatic nitrogens is 1. The molecule has 3 saturated heterocycles. The Morgan fingerprint density at radius 3 is 2.73 bits per heavy atom. The molecule has 0 aliphatic carbocycles. The first-order valence-corrected chi connectivity index (χ1v) is 9.47. The Labute approximate surface area is 152 Å². The molecule has 3 aliphatic heterocycles. The van der Waals surface area contributed by atoms with Gasteiger partial charge in [0.1, 0.15) is 12.0 Å². The van der Waals surface area contributed by atoms with E-state index in [1.807, 2.05) is 4.90 Å². The van der Waals surface area contributed by atoms with Gasteiger partial charge >= 0.3 is 0 Å². The number of fused-ring (bicyclic) bond motifs is 2. The van der Waals surface area contributed by atoms with Crippen LogP contribution >= 0.6 is 0 Å². The third kappa shape index (κ3) is 3.80. The summed E-state index contributed by atoms with van der Waals surface area (Å²) in [5.74, 6) is 1.40. The Morgan fingerprint density at radius 2 is 2.08 bits per heavy atom. The lowest BCUT2D eigenvalue weighted by atomic mass is 9.89. The van der Waals surface area contributed by atoms with Gasteiger partial charge < -0.3 is 15.5 Å². The van der Waals surface area contributed by atoms with Crippen molar-refractivity contribution in [1.82, 2.24) is 15.2 Å². The van der Waals surface area contributed by atoms with Gasteiger partial charge in [0.25, 0.3) is 5.69 Å². The van der Waals surface area contributed by atoms with Gasteiger partial charge in [-0.3, -0.25) is 14.9 Å². The summed E-state index contributed by atoms with van der Waals surface area (Å²) in [5.41, 5.74) is -0.0188. The number of rotatable bonds is 5. The third-order valence-electron chi connectivity index (χ3n) is 5.89. The van der Waals surface area contributed by atoms with Crippen molar-refractivity contribution >= 4 is 17.4 Å². The molecule has 4 heterocycles. The maximum Gasteiger partial charge on any atom is 0.287 e. The number of likely N-dealkylation sites (tertiary alicyclic amines) is 1. The van der Waals surface area contributed by atoms with E-state index in [1.54, 1.807) is 6.07 Å². The minimum absolute atomic E-state index is 0.0188. The zero-order valence-electron chi connectivity index (χ0n) is 14.8. The van der Waals surface area contributed by atoms with E-state index in [-0.39, 0.29) is 17.6 Å². The van der Waals surface area contributed by atoms with Crippen molar-refractivity contribution in [2.75, 3.05) is 18.4 Å². The smallest absolute Gasteiger partial charge is 0.287 e. The molecule has 0 radical (unpaired) electrons. The van der Waals surface area contributed by atoms with Crippen molar-refractivity contribution in [2.24, 2.45) is 5.92 Å². The molecule has 3 unspecified atom stereocenters. The molecule has 3 aliphatic rings. The largest absolute Gasteiger partial charge is 0.365 e. The molecule has 2 bridgehead atoms. The number of hydrogen-bond acceptors (Lipinski definition) is 6. The number of piperidine rings is 1. The number of pyridine rings is 1. The van der Waals surface area contributed by atoms with Gasteiger partial charge in [0, 0.05) is 43.7 Å². The predicted molar refractivity (Wildman–Crippen MR) is 96.8 cm³/mol. The Hall–Kier alpha value is -2.22. The minimum Gasteiger partial charge on any atom is -0.365 e. The number of amides is 1. The topological polar surface area (TPSA) is 100 Å². The van der Waals surface area contributed by atoms with Crippen LogP contribution in [0.4, 0.5) is 11.5 Å². The summed E-state index contributed by atoms with van der Waals surface area (Å²) in [4.78, 5) is 28.9. The van der Waals surface area contributed by atoms with Crippen LogP contribution in [0.15, 0.2) is 18.3 Å². The summed E-state index contributed by atoms with van der Waals surface area (Å²) >= 11 is 0. The fraction of sp³-hybridized carbons (Fsp3) is 0.667. The zero-order valence-corrected chi connectivity index (χ0v) is 14.8. The maximum atomic E-state index is 12.7. The lowest BCUT2D eigenvalue weighted by Gasteiger charge is -2.30. The second-order valence-electron chi connectivity index (χ2n) is 7.81. The number of nitro groups is 1. The van der Waals surface area contributed by atoms with Crippen LogP contribution in [0, 0.1) is 16.0 Å². The molecule has 1 amide bonds. The summed E-state index contributed by atoms with van der Waals surface area (Å²) in [7, 11) is 0. The molecular weight excluding hydrogens is 334 g/mol. The molecule has 8 nitrogen and oxygen atoms in total. The monoisotopic (exact) mass is 359 g/mol. The molecule has 0 aromatic carbocycles. The van der Waals surface area contributed by atoms with Crippen LogP contribution in [-0.4, -0.2) is 51.9 Å². The first-order chi connectivity index (χ1) is 12.6. The van der Waals surface area contributed by atoms with E-state index in [0.717, 1.165) is 25.8 Å². The standard InChI is InChI=1S/C18H25N5O3/c24-18(9-12-7-13-1-2-14(8-12)20-13)22-6-5-15(11-22)21-17-4-3-16(10-19-17)23(25)26/h3-4,10,12-15,20H,1-2,5-9,11H2,(H,19,21). The quantitative estimate of drug-likeness (QED) is 0.615. The molecule has 2 N–H and O–H groups in total. The minimum atomic E-state index is -0.459. The molecule has 3 atom stereocenters. The van der Waals surface area contributed by atoms with Gasteiger partial charge in [-0.25, -0.2) is 4.98 Å². The highest BCUT2D eigenvalue weighted by atomic mass is 16.6. The summed E-state index contributed by atoms with van der Waals surface area (Å²) in [6.07, 6.45) is 7.57. The Kier molecular flexibility index (Phi) is 4.76. The molecule has 0 spiro atoms. The van der Waals surface area contributed by atoms with E-state index in [4.69, 9.17) is 0 Å². The van der Waals surface area contributed by atoms with Crippen LogP contribution in [0.25, 0.3) is 0 Å². The molecule has 1 aromatic heterocycles. The van der Waals surface area contributed by atoms with Crippen molar-refractivity contribution < 1.29 is 9.72 Å². The molecule has 140 valence electrons. The maximum absolute atomic E-state index is 12.7. The molecular formula is C18H25N5O3. The van der Waals surface area contributed by atoms with Crippen LogP contribution in [0.2, 0.25) is 0 Å². The van der Waals surface area contributed by atoms with Crippen LogP contribution in [0.1, 0.15) is 38.5 Å². The van der Waals surface area contributed by atoms with Crippen LogP contribution in [-0.2, 0) is 4.79 Å². The van der Waals surface area contributed by atoms with Crippen molar-refractivity contribution in [3.8, 4) is 0 Å². The van der Waals surface area contributed by atoms with Gasteiger partial charge in [0.15, 0.2) is 0 Å². The van der Waals surface area contributed by atoms with Crippen molar-refractivity contribution in [1.29, 1.82) is 0 Å². The molecule has 1 aromatic rings. The first-order valence-electron chi connectivity index (χ1n) is 9.47. The number of carbonyl (C=O) groups excluding carboxylic acids is 1. The summed E-state index contributed by atoms with van der Waals surface area (Å²) in [6.45, 7) is 1.44. The SMILES string of the molecule is O=C(CC1CC2CCC(C1)N2)N1CCC(Nc2ccc([N+](=O)[O-])cn2)C1. The third-order valence-corrected chi connectivity index (χ3v) is 5.89. The average Bonchev–Trinajstić information content (AvgIpc) is 3.22. The predicted octanol–water partition coefficient (Wildman–Crippen LogP) is 1.92. The number of anilines is 1. The lowest BCUT2D eigenvalue weighted by Crippen LogP contribution is -2.40. The number of nitrogens with one attached hydrogen (secondary N) is 2. The Balaban J connectivity index is 1.26. The second-order valence-corrected chi connectivity index (χ2v) is 7.81. The van der Waals surface area contributed by atoms with E-state index < -0.39 is 4.92 Å². The highest BCUT2D eigenvalue weighted by molar-refractivity contribution is 5.77. The highest BCUT2D eigenvalue weighted by Crippen LogP contribution is 2.33. The molecule has 8 heteroatoms. The van der Waals surface area contributed by atoms with Crippen LogP contribution in [0.3, 0.4) is 0 Å². The fourth-order valence-electron chi connectivity index (χ4n) is 4.61. The fourth-order valence-corrected chi connectivity index (χ4v) is 4.61. The van der Waals surface area contributed by atoms with Gasteiger partial charge in [0.05, 0.1) is 4.92 Å². The Morgan fingerprint density at radius 1 is 1.31 bits per heavy atom. The molecule has 26 heavy (non-hydrogen) atoms. The van der Waals surface area contributed by atoms with E-state index in [0.29, 0.717) is 36.8 Å². The van der Waals surface area contributed by atoms with Gasteiger partial charge in [0.2, 0.25) is 5.91 Å². The average molecular weight is 359 g/mol. The first kappa shape index (κ1) is 17.2. The number of hydrogen-bond donors (Lipinski definition) is 2. The van der Waals surface area contributed by atoms with Crippen LogP contribution < -0.4 is 10.6 Å². The van der Waals surface area contributed by atoms with Crippen LogP contribution in [0.5, 0.6) is 0 Å². The summed E-state index contributed by atoms with van der Waals surface area (Å²) < 4.78 is 0. The summed E-state index contributed by atoms with van der Waals surface area (Å²) in [6, 6.07) is 4.45. The van der Waals surface area contributed by atoms with E-state index >= 15 is 0 Å². The molecule has 3 fully saturated rings. The number of nitrogens with zero attached hydrogens (tertiary/aromatic N) is 3. The second kappa shape index (κ2) is 7.19. The van der Waals surface area contributed by atoms with E-state index in [1.165, 1.54) is 25.1 Å². The van der Waals surface area contributed by atoms with Gasteiger partial charge in [-0.1, -0.05) is 0 Å². The van der Waals surface area contributed by atoms with Crippen molar-refractivity contribution in [3.05, 3.63) is 28.4 Å². The Bertz CT molecular complexity index is 668. The highest BCUT2D eigenvalue weighted by Gasteiger charge is 2.35. The van der Waals surface area contributed by atoms with Crippen molar-refractivity contribution in [2.45, 2.75) is 56.7 Å². The van der Waals surface area contributed by atoms with Gasteiger partial charge in [-0.05, 0) is 44.1 Å². The molecule has 4 rings (SSSR count).